The van der Waals surface area contributed by atoms with Gasteiger partial charge in [0, 0.05) is 11.0 Å². The summed E-state index contributed by atoms with van der Waals surface area (Å²) in [6.45, 7) is 0.295. The number of benzene rings is 1. The predicted octanol–water partition coefficient (Wildman–Crippen LogP) is 1.93. The highest BCUT2D eigenvalue weighted by Gasteiger charge is 2.19. The summed E-state index contributed by atoms with van der Waals surface area (Å²) in [5, 5.41) is 9.77. The highest BCUT2D eigenvalue weighted by molar-refractivity contribution is 9.10. The minimum Gasteiger partial charge on any atom is -0.387 e. The zero-order valence-electron chi connectivity index (χ0n) is 7.96. The number of halogens is 1. The fraction of sp³-hybridized carbons (Fsp3) is 0.455. The van der Waals surface area contributed by atoms with E-state index < -0.39 is 6.10 Å². The zero-order chi connectivity index (χ0) is 10.1. The first kappa shape index (κ1) is 10.1. The van der Waals surface area contributed by atoms with Crippen LogP contribution in [0, 0.1) is 0 Å². The Labute approximate surface area is 92.3 Å². The lowest BCUT2D eigenvalue weighted by Gasteiger charge is -2.14. The summed E-state index contributed by atoms with van der Waals surface area (Å²) in [6, 6.07) is 4.14. The highest BCUT2D eigenvalue weighted by Crippen LogP contribution is 2.32. The quantitative estimate of drug-likeness (QED) is 0.849. The van der Waals surface area contributed by atoms with Crippen LogP contribution in [0.3, 0.4) is 0 Å². The van der Waals surface area contributed by atoms with Crippen LogP contribution in [-0.4, -0.2) is 11.7 Å². The molecule has 3 N–H and O–H groups in total. The molecule has 0 aliphatic heterocycles. The number of hydrogen-bond donors (Lipinski definition) is 2. The standard InChI is InChI=1S/C11H14BrNO/c12-8-4-7-2-1-3-9(7)10(5-8)11(14)6-13/h4-5,11,14H,1-3,6,13H2. The van der Waals surface area contributed by atoms with Gasteiger partial charge < -0.3 is 10.8 Å². The van der Waals surface area contributed by atoms with Gasteiger partial charge in [0.05, 0.1) is 6.10 Å². The van der Waals surface area contributed by atoms with E-state index in [0.29, 0.717) is 6.54 Å². The smallest absolute Gasteiger partial charge is 0.0915 e. The number of aliphatic hydroxyl groups excluding tert-OH is 1. The predicted molar refractivity (Wildman–Crippen MR) is 60.2 cm³/mol. The molecule has 14 heavy (non-hydrogen) atoms. The Kier molecular flexibility index (Phi) is 2.91. The van der Waals surface area contributed by atoms with Gasteiger partial charge in [-0.2, -0.15) is 0 Å². The molecule has 1 aliphatic carbocycles. The van der Waals surface area contributed by atoms with Crippen LogP contribution in [0.2, 0.25) is 0 Å². The molecule has 1 atom stereocenters. The van der Waals surface area contributed by atoms with E-state index in [0.717, 1.165) is 22.9 Å². The molecule has 76 valence electrons. The van der Waals surface area contributed by atoms with Crippen molar-refractivity contribution >= 4 is 15.9 Å². The minimum absolute atomic E-state index is 0.295. The van der Waals surface area contributed by atoms with Crippen LogP contribution >= 0.6 is 15.9 Å². The third-order valence-corrected chi connectivity index (χ3v) is 3.25. The lowest BCUT2D eigenvalue weighted by Crippen LogP contribution is -2.13. The van der Waals surface area contributed by atoms with E-state index in [2.05, 4.69) is 22.0 Å². The van der Waals surface area contributed by atoms with Gasteiger partial charge in [0.15, 0.2) is 0 Å². The van der Waals surface area contributed by atoms with E-state index in [1.165, 1.54) is 17.5 Å². The normalized spacial score (nSPS) is 16.8. The van der Waals surface area contributed by atoms with E-state index in [4.69, 9.17) is 5.73 Å². The Bertz CT molecular complexity index is 351. The molecule has 1 aromatic carbocycles. The van der Waals surface area contributed by atoms with Gasteiger partial charge in [-0.1, -0.05) is 15.9 Å². The molecular formula is C11H14BrNO. The van der Waals surface area contributed by atoms with Crippen molar-refractivity contribution in [2.75, 3.05) is 6.54 Å². The van der Waals surface area contributed by atoms with Crippen molar-refractivity contribution < 1.29 is 5.11 Å². The Balaban J connectivity index is 2.48. The van der Waals surface area contributed by atoms with Crippen molar-refractivity contribution in [2.45, 2.75) is 25.4 Å². The van der Waals surface area contributed by atoms with Crippen LogP contribution in [0.1, 0.15) is 29.2 Å². The van der Waals surface area contributed by atoms with Gasteiger partial charge >= 0.3 is 0 Å². The number of fused-ring (bicyclic) bond motifs is 1. The summed E-state index contributed by atoms with van der Waals surface area (Å²) in [7, 11) is 0. The number of rotatable bonds is 2. The monoisotopic (exact) mass is 255 g/mol. The number of hydrogen-bond acceptors (Lipinski definition) is 2. The van der Waals surface area contributed by atoms with Crippen LogP contribution < -0.4 is 5.73 Å². The van der Waals surface area contributed by atoms with Crippen molar-refractivity contribution in [1.29, 1.82) is 0 Å². The molecule has 1 unspecified atom stereocenters. The van der Waals surface area contributed by atoms with Crippen molar-refractivity contribution in [3.63, 3.8) is 0 Å². The summed E-state index contributed by atoms with van der Waals surface area (Å²) >= 11 is 3.46. The molecule has 1 aliphatic rings. The van der Waals surface area contributed by atoms with Crippen molar-refractivity contribution in [1.82, 2.24) is 0 Å². The second-order valence-electron chi connectivity index (χ2n) is 3.74. The maximum Gasteiger partial charge on any atom is 0.0915 e. The molecule has 0 fully saturated rings. The maximum atomic E-state index is 9.77. The zero-order valence-corrected chi connectivity index (χ0v) is 9.55. The molecule has 2 nitrogen and oxygen atoms in total. The second kappa shape index (κ2) is 4.01. The summed E-state index contributed by atoms with van der Waals surface area (Å²) in [6.07, 6.45) is 2.88. The van der Waals surface area contributed by atoms with Crippen molar-refractivity contribution in [3.05, 3.63) is 33.3 Å². The van der Waals surface area contributed by atoms with Crippen molar-refractivity contribution in [2.24, 2.45) is 5.73 Å². The number of aliphatic hydroxyl groups is 1. The molecule has 0 saturated heterocycles. The third kappa shape index (κ3) is 1.72. The maximum absolute atomic E-state index is 9.77. The number of nitrogens with two attached hydrogens (primary N) is 1. The average molecular weight is 256 g/mol. The van der Waals surface area contributed by atoms with E-state index in [1.54, 1.807) is 0 Å². The summed E-state index contributed by atoms with van der Waals surface area (Å²) in [5.74, 6) is 0. The van der Waals surface area contributed by atoms with E-state index in [1.807, 2.05) is 6.07 Å². The SMILES string of the molecule is NCC(O)c1cc(Br)cc2c1CCC2. The molecule has 0 spiro atoms. The first-order valence-corrected chi connectivity index (χ1v) is 5.71. The molecule has 0 amide bonds. The van der Waals surface area contributed by atoms with Gasteiger partial charge in [0.1, 0.15) is 0 Å². The van der Waals surface area contributed by atoms with Crippen LogP contribution in [-0.2, 0) is 12.8 Å². The summed E-state index contributed by atoms with van der Waals surface area (Å²) < 4.78 is 1.04. The molecule has 3 heteroatoms. The topological polar surface area (TPSA) is 46.2 Å². The Morgan fingerprint density at radius 2 is 2.21 bits per heavy atom. The van der Waals surface area contributed by atoms with Crippen molar-refractivity contribution in [3.8, 4) is 0 Å². The molecule has 0 radical (unpaired) electrons. The molecule has 0 saturated carbocycles. The van der Waals surface area contributed by atoms with Crippen LogP contribution in [0.15, 0.2) is 16.6 Å². The Morgan fingerprint density at radius 1 is 1.43 bits per heavy atom. The highest BCUT2D eigenvalue weighted by atomic mass is 79.9. The van der Waals surface area contributed by atoms with Gasteiger partial charge in [-0.15, -0.1) is 0 Å². The fourth-order valence-corrected chi connectivity index (χ4v) is 2.65. The molecule has 0 aromatic heterocycles. The van der Waals surface area contributed by atoms with Gasteiger partial charge in [0.25, 0.3) is 0 Å². The molecular weight excluding hydrogens is 242 g/mol. The minimum atomic E-state index is -0.514. The third-order valence-electron chi connectivity index (χ3n) is 2.80. The van der Waals surface area contributed by atoms with Crippen LogP contribution in [0.25, 0.3) is 0 Å². The summed E-state index contributed by atoms with van der Waals surface area (Å²) in [4.78, 5) is 0. The Hall–Kier alpha value is -0.380. The molecule has 0 heterocycles. The Morgan fingerprint density at radius 3 is 2.93 bits per heavy atom. The molecule has 1 aromatic rings. The first-order valence-electron chi connectivity index (χ1n) is 4.91. The lowest BCUT2D eigenvalue weighted by molar-refractivity contribution is 0.185. The second-order valence-corrected chi connectivity index (χ2v) is 4.65. The fourth-order valence-electron chi connectivity index (χ4n) is 2.12. The van der Waals surface area contributed by atoms with Gasteiger partial charge in [-0.05, 0) is 48.1 Å². The number of aryl methyl sites for hydroxylation is 1. The summed E-state index contributed by atoms with van der Waals surface area (Å²) in [5.41, 5.74) is 9.17. The van der Waals surface area contributed by atoms with E-state index >= 15 is 0 Å². The lowest BCUT2D eigenvalue weighted by atomic mass is 9.99. The van der Waals surface area contributed by atoms with E-state index in [9.17, 15) is 5.11 Å². The van der Waals surface area contributed by atoms with Gasteiger partial charge in [0.2, 0.25) is 0 Å². The first-order chi connectivity index (χ1) is 6.72. The average Bonchev–Trinajstić information content (AvgIpc) is 2.62. The van der Waals surface area contributed by atoms with Crippen LogP contribution in [0.4, 0.5) is 0 Å². The van der Waals surface area contributed by atoms with E-state index in [-0.39, 0.29) is 0 Å². The molecule has 0 bridgehead atoms. The van der Waals surface area contributed by atoms with Gasteiger partial charge in [-0.3, -0.25) is 0 Å². The van der Waals surface area contributed by atoms with Crippen LogP contribution in [0.5, 0.6) is 0 Å². The van der Waals surface area contributed by atoms with Gasteiger partial charge in [-0.25, -0.2) is 0 Å². The largest absolute Gasteiger partial charge is 0.387 e. The molecule has 2 rings (SSSR count).